The lowest BCUT2D eigenvalue weighted by atomic mass is 9.92. The summed E-state index contributed by atoms with van der Waals surface area (Å²) in [6.45, 7) is 2.41. The number of piperidine rings is 1. The van der Waals surface area contributed by atoms with Gasteiger partial charge in [-0.1, -0.05) is 24.3 Å². The van der Waals surface area contributed by atoms with Crippen LogP contribution in [0.2, 0.25) is 0 Å². The third-order valence-electron chi connectivity index (χ3n) is 7.31. The van der Waals surface area contributed by atoms with Crippen molar-refractivity contribution in [1.82, 2.24) is 9.62 Å². The Morgan fingerprint density at radius 3 is 1.85 bits per heavy atom. The smallest absolute Gasteiger partial charge is 0.415 e. The molecule has 2 saturated heterocycles. The summed E-state index contributed by atoms with van der Waals surface area (Å²) in [5, 5.41) is 3.29. The van der Waals surface area contributed by atoms with Gasteiger partial charge in [0.05, 0.1) is 25.7 Å². The van der Waals surface area contributed by atoms with E-state index in [1.165, 1.54) is 4.31 Å². The van der Waals surface area contributed by atoms with Gasteiger partial charge in [-0.15, -0.1) is 0 Å². The number of rotatable bonds is 9. The van der Waals surface area contributed by atoms with E-state index in [0.29, 0.717) is 23.7 Å². The molecule has 0 saturated carbocycles. The number of carbonyl (C=O) groups is 1. The minimum atomic E-state index is -3.88. The first-order chi connectivity index (χ1) is 18.8. The molecule has 1 spiro atoms. The predicted octanol–water partition coefficient (Wildman–Crippen LogP) is 4.17. The topological polar surface area (TPSA) is 97.4 Å². The first-order valence-electron chi connectivity index (χ1n) is 12.9. The van der Waals surface area contributed by atoms with Gasteiger partial charge in [0.1, 0.15) is 17.1 Å². The number of ether oxygens (including phenoxy) is 3. The van der Waals surface area contributed by atoms with Crippen LogP contribution in [0.15, 0.2) is 77.7 Å². The first kappa shape index (κ1) is 27.0. The fraction of sp³-hybridized carbons (Fsp3) is 0.345. The number of methoxy groups -OCH3 is 2. The molecule has 39 heavy (non-hydrogen) atoms. The monoisotopic (exact) mass is 551 g/mol. The standard InChI is InChI=1S/C29H33N3O6S/c1-36-25-9-3-22(4-10-25)19-31(20-23-5-11-26(37-2)12-6-23)39(34,35)27-13-7-24(8-14-27)32-21-29(38-28(32)33)15-17-30-18-16-29/h3-14,30H,15-21H2,1-2H3. The van der Waals surface area contributed by atoms with Crippen LogP contribution in [0.3, 0.4) is 0 Å². The van der Waals surface area contributed by atoms with Crippen LogP contribution in [-0.4, -0.2) is 58.3 Å². The maximum Gasteiger partial charge on any atom is 0.415 e. The molecule has 0 aromatic heterocycles. The van der Waals surface area contributed by atoms with Crippen molar-refractivity contribution < 1.29 is 27.4 Å². The zero-order valence-corrected chi connectivity index (χ0v) is 22.9. The van der Waals surface area contributed by atoms with Crippen molar-refractivity contribution >= 4 is 21.8 Å². The second-order valence-corrected chi connectivity index (χ2v) is 11.8. The lowest BCUT2D eigenvalue weighted by molar-refractivity contribution is 0.0316. The van der Waals surface area contributed by atoms with E-state index in [2.05, 4.69) is 5.32 Å². The van der Waals surface area contributed by atoms with E-state index in [0.717, 1.165) is 37.1 Å². The highest BCUT2D eigenvalue weighted by Crippen LogP contribution is 2.35. The zero-order valence-electron chi connectivity index (χ0n) is 22.1. The van der Waals surface area contributed by atoms with Gasteiger partial charge >= 0.3 is 6.09 Å². The fourth-order valence-electron chi connectivity index (χ4n) is 5.01. The summed E-state index contributed by atoms with van der Waals surface area (Å²) in [6.07, 6.45) is 1.12. The Morgan fingerprint density at radius 2 is 1.36 bits per heavy atom. The molecule has 0 aliphatic carbocycles. The summed E-state index contributed by atoms with van der Waals surface area (Å²) in [6, 6.07) is 21.1. The number of sulfonamides is 1. The molecule has 0 radical (unpaired) electrons. The summed E-state index contributed by atoms with van der Waals surface area (Å²) < 4.78 is 45.5. The van der Waals surface area contributed by atoms with Crippen molar-refractivity contribution in [3.05, 3.63) is 83.9 Å². The van der Waals surface area contributed by atoms with Crippen molar-refractivity contribution in [3.63, 3.8) is 0 Å². The number of amides is 1. The second-order valence-electron chi connectivity index (χ2n) is 9.85. The zero-order chi connectivity index (χ0) is 27.5. The molecule has 9 nitrogen and oxygen atoms in total. The maximum atomic E-state index is 13.9. The minimum Gasteiger partial charge on any atom is -0.497 e. The molecule has 1 N–H and O–H groups in total. The number of anilines is 1. The van der Waals surface area contributed by atoms with Crippen LogP contribution in [0.5, 0.6) is 11.5 Å². The van der Waals surface area contributed by atoms with E-state index in [1.807, 2.05) is 48.5 Å². The quantitative estimate of drug-likeness (QED) is 0.426. The van der Waals surface area contributed by atoms with Crippen molar-refractivity contribution in [2.45, 2.75) is 36.4 Å². The predicted molar refractivity (Wildman–Crippen MR) is 148 cm³/mol. The molecular weight excluding hydrogens is 518 g/mol. The van der Waals surface area contributed by atoms with Gasteiger partial charge < -0.3 is 19.5 Å². The fourth-order valence-corrected chi connectivity index (χ4v) is 6.42. The van der Waals surface area contributed by atoms with E-state index in [1.54, 1.807) is 43.4 Å². The van der Waals surface area contributed by atoms with Crippen molar-refractivity contribution in [2.24, 2.45) is 0 Å². The third-order valence-corrected chi connectivity index (χ3v) is 9.11. The molecule has 0 atom stereocenters. The molecule has 206 valence electrons. The van der Waals surface area contributed by atoms with Crippen molar-refractivity contribution in [1.29, 1.82) is 0 Å². The average molecular weight is 552 g/mol. The highest BCUT2D eigenvalue weighted by Gasteiger charge is 2.46. The molecule has 3 aromatic rings. The van der Waals surface area contributed by atoms with Gasteiger partial charge in [-0.2, -0.15) is 4.31 Å². The van der Waals surface area contributed by atoms with Crippen LogP contribution in [-0.2, 0) is 27.8 Å². The van der Waals surface area contributed by atoms with E-state index in [9.17, 15) is 13.2 Å². The molecule has 1 amide bonds. The number of nitrogens with one attached hydrogen (secondary N) is 1. The molecule has 2 fully saturated rings. The highest BCUT2D eigenvalue weighted by molar-refractivity contribution is 7.89. The van der Waals surface area contributed by atoms with E-state index >= 15 is 0 Å². The van der Waals surface area contributed by atoms with E-state index < -0.39 is 21.7 Å². The van der Waals surface area contributed by atoms with Crippen LogP contribution in [0.4, 0.5) is 10.5 Å². The molecule has 5 rings (SSSR count). The SMILES string of the molecule is COc1ccc(CN(Cc2ccc(OC)cc2)S(=O)(=O)c2ccc(N3CC4(CCNCC4)OC3=O)cc2)cc1. The Balaban J connectivity index is 1.39. The normalized spacial score (nSPS) is 16.9. The van der Waals surface area contributed by atoms with Gasteiger partial charge in [0.2, 0.25) is 10.0 Å². The molecule has 2 aliphatic rings. The van der Waals surface area contributed by atoms with Crippen LogP contribution in [0, 0.1) is 0 Å². The molecule has 10 heteroatoms. The Hall–Kier alpha value is -3.60. The number of hydrogen-bond donors (Lipinski definition) is 1. The largest absolute Gasteiger partial charge is 0.497 e. The lowest BCUT2D eigenvalue weighted by Crippen LogP contribution is -2.44. The van der Waals surface area contributed by atoms with Crippen LogP contribution in [0.25, 0.3) is 0 Å². The molecule has 0 unspecified atom stereocenters. The van der Waals surface area contributed by atoms with Gasteiger partial charge in [0, 0.05) is 31.6 Å². The molecule has 2 aliphatic heterocycles. The number of carbonyl (C=O) groups excluding carboxylic acids is 1. The Labute approximate surface area is 229 Å². The molecule has 0 bridgehead atoms. The first-order valence-corrected chi connectivity index (χ1v) is 14.3. The maximum absolute atomic E-state index is 13.9. The van der Waals surface area contributed by atoms with Gasteiger partial charge in [0.25, 0.3) is 0 Å². The van der Waals surface area contributed by atoms with Crippen LogP contribution in [0.1, 0.15) is 24.0 Å². The highest BCUT2D eigenvalue weighted by atomic mass is 32.2. The van der Waals surface area contributed by atoms with Gasteiger partial charge in [-0.3, -0.25) is 4.90 Å². The molecule has 3 aromatic carbocycles. The van der Waals surface area contributed by atoms with Gasteiger partial charge in [-0.05, 0) is 72.7 Å². The number of nitrogens with zero attached hydrogens (tertiary/aromatic N) is 2. The minimum absolute atomic E-state index is 0.150. The Morgan fingerprint density at radius 1 is 0.846 bits per heavy atom. The van der Waals surface area contributed by atoms with E-state index in [-0.39, 0.29) is 18.0 Å². The number of benzene rings is 3. The van der Waals surface area contributed by atoms with Crippen LogP contribution < -0.4 is 19.7 Å². The van der Waals surface area contributed by atoms with Gasteiger partial charge in [0.15, 0.2) is 0 Å². The van der Waals surface area contributed by atoms with Gasteiger partial charge in [-0.25, -0.2) is 13.2 Å². The summed E-state index contributed by atoms with van der Waals surface area (Å²) in [4.78, 5) is 14.4. The summed E-state index contributed by atoms with van der Waals surface area (Å²) in [5.74, 6) is 1.40. The molecule has 2 heterocycles. The van der Waals surface area contributed by atoms with Crippen molar-refractivity contribution in [3.8, 4) is 11.5 Å². The van der Waals surface area contributed by atoms with Crippen LogP contribution >= 0.6 is 0 Å². The summed E-state index contributed by atoms with van der Waals surface area (Å²) >= 11 is 0. The Bertz CT molecular complexity index is 1340. The summed E-state index contributed by atoms with van der Waals surface area (Å²) in [5.41, 5.74) is 1.79. The third kappa shape index (κ3) is 5.88. The second kappa shape index (κ2) is 11.3. The number of hydrogen-bond acceptors (Lipinski definition) is 7. The average Bonchev–Trinajstić information content (AvgIpc) is 3.28. The lowest BCUT2D eigenvalue weighted by Gasteiger charge is -2.31. The van der Waals surface area contributed by atoms with E-state index in [4.69, 9.17) is 14.2 Å². The molecular formula is C29H33N3O6S. The summed E-state index contributed by atoms with van der Waals surface area (Å²) in [7, 11) is -0.701. The Kier molecular flexibility index (Phi) is 7.79. The van der Waals surface area contributed by atoms with Crippen molar-refractivity contribution in [2.75, 3.05) is 38.8 Å².